The van der Waals surface area contributed by atoms with E-state index in [0.29, 0.717) is 25.5 Å². The van der Waals surface area contributed by atoms with Crippen molar-refractivity contribution in [2.75, 3.05) is 25.0 Å². The number of benzene rings is 2. The van der Waals surface area contributed by atoms with Gasteiger partial charge in [-0.2, -0.15) is 0 Å². The molecule has 1 fully saturated rings. The minimum atomic E-state index is -0.764. The van der Waals surface area contributed by atoms with E-state index in [2.05, 4.69) is 51.6 Å². The van der Waals surface area contributed by atoms with Crippen molar-refractivity contribution in [1.29, 1.82) is 0 Å². The zero-order valence-corrected chi connectivity index (χ0v) is 19.5. The Labute approximate surface area is 195 Å². The van der Waals surface area contributed by atoms with E-state index in [9.17, 15) is 9.90 Å². The summed E-state index contributed by atoms with van der Waals surface area (Å²) in [6.07, 6.45) is 6.17. The van der Waals surface area contributed by atoms with Gasteiger partial charge in [0.25, 0.3) is 0 Å². The molecule has 6 nitrogen and oxygen atoms in total. The smallest absolute Gasteiger partial charge is 0.309 e. The third kappa shape index (κ3) is 6.02. The van der Waals surface area contributed by atoms with E-state index >= 15 is 0 Å². The van der Waals surface area contributed by atoms with Gasteiger partial charge in [0.1, 0.15) is 5.75 Å². The number of carbonyl (C=O) groups is 1. The molecular formula is C27H33N3O3. The summed E-state index contributed by atoms with van der Waals surface area (Å²) in [5.41, 5.74) is 1.69. The number of pyridine rings is 1. The highest BCUT2D eigenvalue weighted by molar-refractivity contribution is 5.93. The van der Waals surface area contributed by atoms with Crippen LogP contribution in [0.3, 0.4) is 0 Å². The summed E-state index contributed by atoms with van der Waals surface area (Å²) in [5.74, 6) is 0.0826. The number of nitrogens with zero attached hydrogens (tertiary/aromatic N) is 2. The summed E-state index contributed by atoms with van der Waals surface area (Å²) < 4.78 is 5.90. The summed E-state index contributed by atoms with van der Waals surface area (Å²) in [7, 11) is 0. The molecule has 2 aromatic carbocycles. The number of fused-ring (bicyclic) bond motifs is 1. The van der Waals surface area contributed by atoms with Crippen molar-refractivity contribution in [2.45, 2.75) is 45.7 Å². The van der Waals surface area contributed by atoms with Gasteiger partial charge in [-0.1, -0.05) is 24.3 Å². The Bertz CT molecular complexity index is 1090. The van der Waals surface area contributed by atoms with Crippen LogP contribution in [0.2, 0.25) is 0 Å². The fraction of sp³-hybridized carbons (Fsp3) is 0.407. The molecule has 2 N–H and O–H groups in total. The molecule has 0 amide bonds. The van der Waals surface area contributed by atoms with Crippen molar-refractivity contribution >= 4 is 22.4 Å². The summed E-state index contributed by atoms with van der Waals surface area (Å²) in [6, 6.07) is 17.0. The maximum atomic E-state index is 11.2. The molecule has 0 radical (unpaired) electrons. The fourth-order valence-corrected chi connectivity index (χ4v) is 4.37. The van der Waals surface area contributed by atoms with Gasteiger partial charge in [0.15, 0.2) is 0 Å². The molecule has 2 heterocycles. The lowest BCUT2D eigenvalue weighted by Crippen LogP contribution is -2.26. The molecule has 0 unspecified atom stereocenters. The standard InChI is InChI=1S/C27H33N3O3/c1-27(2,26(31)32)12-5-15-33-23-8-3-6-20(16-23)18-30-14-11-22(19-30)29-25-9-4-7-21-17-28-13-10-24(21)25/h3-4,6-10,13,16-17,22,29H,5,11-12,14-15,18-19H2,1-2H3,(H,31,32)/t22-/m1/s1. The van der Waals surface area contributed by atoms with Gasteiger partial charge in [0.05, 0.1) is 12.0 Å². The first-order valence-electron chi connectivity index (χ1n) is 11.7. The van der Waals surface area contributed by atoms with Crippen LogP contribution in [-0.2, 0) is 11.3 Å². The number of ether oxygens (including phenoxy) is 1. The number of carboxylic acid groups (broad SMARTS) is 1. The molecule has 0 aliphatic carbocycles. The molecule has 3 aromatic rings. The van der Waals surface area contributed by atoms with Gasteiger partial charge in [-0.15, -0.1) is 0 Å². The van der Waals surface area contributed by atoms with Gasteiger partial charge >= 0.3 is 5.97 Å². The van der Waals surface area contributed by atoms with Gasteiger partial charge < -0.3 is 15.2 Å². The van der Waals surface area contributed by atoms with E-state index in [0.717, 1.165) is 37.2 Å². The predicted molar refractivity (Wildman–Crippen MR) is 132 cm³/mol. The number of aromatic nitrogens is 1. The number of rotatable bonds is 10. The molecule has 0 saturated carbocycles. The lowest BCUT2D eigenvalue weighted by Gasteiger charge is -2.19. The maximum absolute atomic E-state index is 11.2. The first-order valence-corrected chi connectivity index (χ1v) is 11.7. The zero-order valence-electron chi connectivity index (χ0n) is 19.5. The largest absolute Gasteiger partial charge is 0.494 e. The Hall–Kier alpha value is -3.12. The first kappa shape index (κ1) is 23.1. The van der Waals surface area contributed by atoms with Crippen LogP contribution in [0.4, 0.5) is 5.69 Å². The van der Waals surface area contributed by atoms with E-state index in [4.69, 9.17) is 4.74 Å². The highest BCUT2D eigenvalue weighted by atomic mass is 16.5. The van der Waals surface area contributed by atoms with Gasteiger partial charge in [-0.3, -0.25) is 14.7 Å². The minimum absolute atomic E-state index is 0.417. The van der Waals surface area contributed by atoms with Gasteiger partial charge in [-0.05, 0) is 62.9 Å². The van der Waals surface area contributed by atoms with Crippen LogP contribution in [0.25, 0.3) is 10.8 Å². The number of aliphatic carboxylic acids is 1. The van der Waals surface area contributed by atoms with Crippen molar-refractivity contribution in [3.05, 3.63) is 66.5 Å². The minimum Gasteiger partial charge on any atom is -0.494 e. The van der Waals surface area contributed by atoms with Crippen LogP contribution in [0.1, 0.15) is 38.7 Å². The molecule has 0 spiro atoms. The van der Waals surface area contributed by atoms with Crippen LogP contribution in [0.5, 0.6) is 5.75 Å². The molecule has 0 bridgehead atoms. The Balaban J connectivity index is 1.27. The Morgan fingerprint density at radius 3 is 2.94 bits per heavy atom. The maximum Gasteiger partial charge on any atom is 0.309 e. The molecule has 1 aliphatic heterocycles. The Morgan fingerprint density at radius 2 is 2.09 bits per heavy atom. The van der Waals surface area contributed by atoms with Crippen LogP contribution >= 0.6 is 0 Å². The van der Waals surface area contributed by atoms with Crippen molar-refractivity contribution in [3.8, 4) is 5.75 Å². The third-order valence-corrected chi connectivity index (χ3v) is 6.41. The average molecular weight is 448 g/mol. The third-order valence-electron chi connectivity index (χ3n) is 6.41. The number of hydrogen-bond acceptors (Lipinski definition) is 5. The molecule has 1 aliphatic rings. The molecule has 1 aromatic heterocycles. The van der Waals surface area contributed by atoms with Gasteiger partial charge in [-0.25, -0.2) is 0 Å². The predicted octanol–water partition coefficient (Wildman–Crippen LogP) is 5.19. The summed E-state index contributed by atoms with van der Waals surface area (Å²) >= 11 is 0. The highest BCUT2D eigenvalue weighted by Crippen LogP contribution is 2.26. The van der Waals surface area contributed by atoms with Crippen molar-refractivity contribution < 1.29 is 14.6 Å². The molecule has 4 rings (SSSR count). The Kier molecular flexibility index (Phi) is 7.14. The van der Waals surface area contributed by atoms with Crippen molar-refractivity contribution in [3.63, 3.8) is 0 Å². The second kappa shape index (κ2) is 10.2. The summed E-state index contributed by atoms with van der Waals surface area (Å²) in [6.45, 7) is 6.98. The second-order valence-electron chi connectivity index (χ2n) is 9.56. The van der Waals surface area contributed by atoms with Crippen LogP contribution in [-0.4, -0.2) is 46.7 Å². The topological polar surface area (TPSA) is 74.7 Å². The number of carboxylic acids is 1. The van der Waals surface area contributed by atoms with Gasteiger partial charge in [0, 0.05) is 54.5 Å². The normalized spacial score (nSPS) is 16.7. The van der Waals surface area contributed by atoms with E-state index < -0.39 is 11.4 Å². The SMILES string of the molecule is CC(C)(CCCOc1cccc(CN2CC[C@@H](Nc3cccc4cnccc34)C2)c1)C(=O)O. The quantitative estimate of drug-likeness (QED) is 0.417. The second-order valence-corrected chi connectivity index (χ2v) is 9.56. The molecular weight excluding hydrogens is 414 g/mol. The monoisotopic (exact) mass is 447 g/mol. The number of hydrogen-bond donors (Lipinski definition) is 2. The molecule has 33 heavy (non-hydrogen) atoms. The van der Waals surface area contributed by atoms with Gasteiger partial charge in [0.2, 0.25) is 0 Å². The van der Waals surface area contributed by atoms with Crippen LogP contribution < -0.4 is 10.1 Å². The average Bonchev–Trinajstić information content (AvgIpc) is 3.24. The van der Waals surface area contributed by atoms with E-state index in [1.807, 2.05) is 24.5 Å². The summed E-state index contributed by atoms with van der Waals surface area (Å²) in [5, 5.41) is 15.3. The molecule has 6 heteroatoms. The van der Waals surface area contributed by atoms with Crippen molar-refractivity contribution in [2.24, 2.45) is 5.41 Å². The Morgan fingerprint density at radius 1 is 1.24 bits per heavy atom. The molecule has 174 valence electrons. The fourth-order valence-electron chi connectivity index (χ4n) is 4.37. The lowest BCUT2D eigenvalue weighted by molar-refractivity contribution is -0.147. The zero-order chi connectivity index (χ0) is 23.3. The van der Waals surface area contributed by atoms with Crippen LogP contribution in [0, 0.1) is 5.41 Å². The van der Waals surface area contributed by atoms with Crippen LogP contribution in [0.15, 0.2) is 60.9 Å². The lowest BCUT2D eigenvalue weighted by atomic mass is 9.88. The highest BCUT2D eigenvalue weighted by Gasteiger charge is 2.26. The number of likely N-dealkylation sites (tertiary alicyclic amines) is 1. The van der Waals surface area contributed by atoms with Crippen molar-refractivity contribution in [1.82, 2.24) is 9.88 Å². The molecule has 1 saturated heterocycles. The van der Waals surface area contributed by atoms with E-state index in [1.54, 1.807) is 13.8 Å². The molecule has 1 atom stereocenters. The first-order chi connectivity index (χ1) is 15.9. The van der Waals surface area contributed by atoms with E-state index in [1.165, 1.54) is 16.6 Å². The number of nitrogens with one attached hydrogen (secondary N) is 1. The summed E-state index contributed by atoms with van der Waals surface area (Å²) in [4.78, 5) is 17.9. The number of anilines is 1. The van der Waals surface area contributed by atoms with E-state index in [-0.39, 0.29) is 0 Å².